The van der Waals surface area contributed by atoms with Crippen molar-refractivity contribution in [3.63, 3.8) is 0 Å². The van der Waals surface area contributed by atoms with Gasteiger partial charge in [-0.1, -0.05) is 57.9 Å². The number of hydrogen-bond acceptors (Lipinski definition) is 0. The first-order chi connectivity index (χ1) is 8.02. The second-order valence-electron chi connectivity index (χ2n) is 4.54. The summed E-state index contributed by atoms with van der Waals surface area (Å²) in [6.07, 6.45) is 6.05. The molecule has 0 aromatic rings. The topological polar surface area (TPSA) is 0 Å². The highest BCUT2D eigenvalue weighted by atomic mass is 19.4. The second-order valence-corrected chi connectivity index (χ2v) is 4.54. The molecule has 102 valence electrons. The maximum atomic E-state index is 12.4. The first-order valence-electron chi connectivity index (χ1n) is 6.74. The molecule has 0 aromatic carbocycles. The summed E-state index contributed by atoms with van der Waals surface area (Å²) < 4.78 is 37.1. The van der Waals surface area contributed by atoms with Crippen LogP contribution >= 0.6 is 0 Å². The van der Waals surface area contributed by atoms with Crippen molar-refractivity contribution in [2.24, 2.45) is 0 Å². The smallest absolute Gasteiger partial charge is 0.166 e. The summed E-state index contributed by atoms with van der Waals surface area (Å²) >= 11 is 0. The fourth-order valence-corrected chi connectivity index (χ4v) is 1.90. The Morgan fingerprint density at radius 3 is 1.76 bits per heavy atom. The van der Waals surface area contributed by atoms with Crippen molar-refractivity contribution < 1.29 is 13.2 Å². The SMILES string of the molecule is C/C=C(\CCCCCCCCCC)C(F)(F)F. The third kappa shape index (κ3) is 9.25. The maximum absolute atomic E-state index is 12.4. The highest BCUT2D eigenvalue weighted by Crippen LogP contribution is 2.29. The van der Waals surface area contributed by atoms with E-state index in [0.717, 1.165) is 19.3 Å². The van der Waals surface area contributed by atoms with Crippen molar-refractivity contribution in [2.45, 2.75) is 77.8 Å². The van der Waals surface area contributed by atoms with Gasteiger partial charge in [0.2, 0.25) is 0 Å². The fraction of sp³-hybridized carbons (Fsp3) is 0.857. The third-order valence-corrected chi connectivity index (χ3v) is 3.01. The molecule has 0 aliphatic heterocycles. The molecule has 0 atom stereocenters. The zero-order valence-electron chi connectivity index (χ0n) is 11.1. The van der Waals surface area contributed by atoms with Crippen LogP contribution in [0.3, 0.4) is 0 Å². The standard InChI is InChI=1S/C14H25F3/c1-3-5-6-7-8-9-10-11-12-13(4-2)14(15,16)17/h4H,3,5-12H2,1-2H3/b13-4+. The number of halogens is 3. The lowest BCUT2D eigenvalue weighted by molar-refractivity contribution is -0.0942. The molecule has 3 heteroatoms. The molecule has 0 aliphatic carbocycles. The summed E-state index contributed by atoms with van der Waals surface area (Å²) in [5, 5.41) is 0. The van der Waals surface area contributed by atoms with E-state index in [-0.39, 0.29) is 12.0 Å². The average molecular weight is 250 g/mol. The molecule has 17 heavy (non-hydrogen) atoms. The van der Waals surface area contributed by atoms with Crippen LogP contribution in [0.1, 0.15) is 71.6 Å². The van der Waals surface area contributed by atoms with Gasteiger partial charge < -0.3 is 0 Å². The minimum atomic E-state index is -4.13. The molecule has 0 N–H and O–H groups in total. The van der Waals surface area contributed by atoms with Gasteiger partial charge in [0.25, 0.3) is 0 Å². The second kappa shape index (κ2) is 9.55. The largest absolute Gasteiger partial charge is 0.412 e. The zero-order chi connectivity index (χ0) is 13.1. The van der Waals surface area contributed by atoms with E-state index in [9.17, 15) is 13.2 Å². The Hall–Kier alpha value is -0.470. The number of allylic oxidation sites excluding steroid dienone is 2. The Bertz CT molecular complexity index is 204. The molecular formula is C14H25F3. The predicted octanol–water partition coefficient (Wildman–Crippen LogP) is 6.03. The van der Waals surface area contributed by atoms with E-state index in [1.807, 2.05) is 0 Å². The highest BCUT2D eigenvalue weighted by molar-refractivity contribution is 5.07. The normalized spacial score (nSPS) is 13.1. The molecule has 0 bridgehead atoms. The lowest BCUT2D eigenvalue weighted by atomic mass is 10.0. The van der Waals surface area contributed by atoms with Gasteiger partial charge in [-0.25, -0.2) is 0 Å². The first kappa shape index (κ1) is 16.5. The Morgan fingerprint density at radius 1 is 0.882 bits per heavy atom. The van der Waals surface area contributed by atoms with Crippen LogP contribution in [0.2, 0.25) is 0 Å². The van der Waals surface area contributed by atoms with Crippen LogP contribution in [0, 0.1) is 0 Å². The van der Waals surface area contributed by atoms with E-state index in [4.69, 9.17) is 0 Å². The Kier molecular flexibility index (Phi) is 9.28. The summed E-state index contributed by atoms with van der Waals surface area (Å²) in [5.74, 6) is 0. The van der Waals surface area contributed by atoms with Gasteiger partial charge in [-0.2, -0.15) is 13.2 Å². The number of hydrogen-bond donors (Lipinski definition) is 0. The number of rotatable bonds is 9. The van der Waals surface area contributed by atoms with Crippen molar-refractivity contribution in [3.05, 3.63) is 11.6 Å². The Labute approximate surface area is 103 Å². The number of alkyl halides is 3. The summed E-state index contributed by atoms with van der Waals surface area (Å²) in [5.41, 5.74) is -0.372. The summed E-state index contributed by atoms with van der Waals surface area (Å²) in [4.78, 5) is 0. The lowest BCUT2D eigenvalue weighted by Gasteiger charge is -2.10. The van der Waals surface area contributed by atoms with Crippen molar-refractivity contribution >= 4 is 0 Å². The minimum absolute atomic E-state index is 0.176. The summed E-state index contributed by atoms with van der Waals surface area (Å²) in [7, 11) is 0. The van der Waals surface area contributed by atoms with E-state index in [2.05, 4.69) is 6.92 Å². The predicted molar refractivity (Wildman–Crippen MR) is 67.0 cm³/mol. The van der Waals surface area contributed by atoms with Gasteiger partial charge in [-0.3, -0.25) is 0 Å². The van der Waals surface area contributed by atoms with E-state index in [1.54, 1.807) is 0 Å². The van der Waals surface area contributed by atoms with Crippen molar-refractivity contribution in [2.75, 3.05) is 0 Å². The van der Waals surface area contributed by atoms with Gasteiger partial charge in [0.1, 0.15) is 0 Å². The van der Waals surface area contributed by atoms with Crippen LogP contribution in [-0.4, -0.2) is 6.18 Å². The van der Waals surface area contributed by atoms with Gasteiger partial charge in [0, 0.05) is 5.57 Å². The molecule has 0 aliphatic rings. The van der Waals surface area contributed by atoms with Gasteiger partial charge in [-0.15, -0.1) is 0 Å². The van der Waals surface area contributed by atoms with Crippen LogP contribution in [0.25, 0.3) is 0 Å². The molecular weight excluding hydrogens is 225 g/mol. The maximum Gasteiger partial charge on any atom is 0.412 e. The highest BCUT2D eigenvalue weighted by Gasteiger charge is 2.31. The van der Waals surface area contributed by atoms with Crippen LogP contribution in [0.15, 0.2) is 11.6 Å². The molecule has 0 nitrogen and oxygen atoms in total. The van der Waals surface area contributed by atoms with Gasteiger partial charge in [0.15, 0.2) is 0 Å². The molecule has 0 aromatic heterocycles. The summed E-state index contributed by atoms with van der Waals surface area (Å²) in [6.45, 7) is 3.64. The van der Waals surface area contributed by atoms with Crippen molar-refractivity contribution in [1.82, 2.24) is 0 Å². The molecule has 0 saturated carbocycles. The first-order valence-corrected chi connectivity index (χ1v) is 6.74. The molecule has 0 unspecified atom stereocenters. The Balaban J connectivity index is 3.45. The van der Waals surface area contributed by atoms with Crippen molar-refractivity contribution in [1.29, 1.82) is 0 Å². The van der Waals surface area contributed by atoms with E-state index < -0.39 is 6.18 Å². The Morgan fingerprint density at radius 2 is 1.35 bits per heavy atom. The van der Waals surface area contributed by atoms with Crippen LogP contribution in [-0.2, 0) is 0 Å². The van der Waals surface area contributed by atoms with Gasteiger partial charge >= 0.3 is 6.18 Å². The molecule has 0 fully saturated rings. The molecule has 0 rings (SSSR count). The van der Waals surface area contributed by atoms with Crippen LogP contribution in [0.5, 0.6) is 0 Å². The molecule has 0 amide bonds. The molecule has 0 radical (unpaired) electrons. The molecule has 0 spiro atoms. The van der Waals surface area contributed by atoms with Crippen LogP contribution in [0.4, 0.5) is 13.2 Å². The monoisotopic (exact) mass is 250 g/mol. The van der Waals surface area contributed by atoms with Crippen molar-refractivity contribution in [3.8, 4) is 0 Å². The molecule has 0 heterocycles. The quantitative estimate of drug-likeness (QED) is 0.346. The van der Waals surface area contributed by atoms with E-state index in [1.165, 1.54) is 38.7 Å². The van der Waals surface area contributed by atoms with Gasteiger partial charge in [0.05, 0.1) is 0 Å². The zero-order valence-corrected chi connectivity index (χ0v) is 11.1. The minimum Gasteiger partial charge on any atom is -0.166 e. The average Bonchev–Trinajstić information content (AvgIpc) is 2.25. The fourth-order valence-electron chi connectivity index (χ4n) is 1.90. The van der Waals surface area contributed by atoms with E-state index in [0.29, 0.717) is 6.42 Å². The van der Waals surface area contributed by atoms with Gasteiger partial charge in [-0.05, 0) is 19.8 Å². The van der Waals surface area contributed by atoms with Crippen LogP contribution < -0.4 is 0 Å². The summed E-state index contributed by atoms with van der Waals surface area (Å²) in [6, 6.07) is 0. The van der Waals surface area contributed by atoms with E-state index >= 15 is 0 Å². The molecule has 0 saturated heterocycles. The lowest BCUT2D eigenvalue weighted by Crippen LogP contribution is -2.11. The third-order valence-electron chi connectivity index (χ3n) is 3.01. The number of unbranched alkanes of at least 4 members (excludes halogenated alkanes) is 7.